The number of hydrogen-bond donors (Lipinski definition) is 3. The summed E-state index contributed by atoms with van der Waals surface area (Å²) >= 11 is 0. The van der Waals surface area contributed by atoms with Crippen LogP contribution in [0, 0.1) is 5.41 Å². The summed E-state index contributed by atoms with van der Waals surface area (Å²) in [6.45, 7) is 0.174. The van der Waals surface area contributed by atoms with Gasteiger partial charge < -0.3 is 14.8 Å². The van der Waals surface area contributed by atoms with E-state index in [-0.39, 0.29) is 18.1 Å². The zero-order valence-electron chi connectivity index (χ0n) is 10.2. The number of aromatic nitrogens is 1. The Morgan fingerprint density at radius 1 is 1.56 bits per heavy atom. The van der Waals surface area contributed by atoms with Crippen molar-refractivity contribution in [2.45, 2.75) is 18.9 Å². The summed E-state index contributed by atoms with van der Waals surface area (Å²) in [6.07, 6.45) is 2.04. The number of benzene rings is 1. The summed E-state index contributed by atoms with van der Waals surface area (Å²) in [5, 5.41) is 12.8. The molecule has 1 atom stereocenters. The fraction of sp³-hybridized carbons (Fsp3) is 0.462. The first kappa shape index (κ1) is 11.5. The van der Waals surface area contributed by atoms with Crippen molar-refractivity contribution in [2.75, 3.05) is 13.7 Å². The number of nitrogens with one attached hydrogen (secondary N) is 2. The molecular formula is C13H16N2O3. The van der Waals surface area contributed by atoms with Crippen molar-refractivity contribution in [1.82, 2.24) is 10.3 Å². The van der Waals surface area contributed by atoms with Crippen molar-refractivity contribution in [2.24, 2.45) is 5.41 Å². The second-order valence-electron chi connectivity index (χ2n) is 5.01. The monoisotopic (exact) mass is 248 g/mol. The minimum Gasteiger partial charge on any atom is -0.408 e. The molecule has 0 aliphatic heterocycles. The molecule has 5 heteroatoms. The van der Waals surface area contributed by atoms with Gasteiger partial charge >= 0.3 is 5.76 Å². The predicted octanol–water partition coefficient (Wildman–Crippen LogP) is 1.15. The minimum absolute atomic E-state index is 0.0565. The second-order valence-corrected chi connectivity index (χ2v) is 5.01. The van der Waals surface area contributed by atoms with Gasteiger partial charge in [0.25, 0.3) is 0 Å². The first-order valence-corrected chi connectivity index (χ1v) is 6.09. The van der Waals surface area contributed by atoms with Crippen LogP contribution < -0.4 is 11.1 Å². The Morgan fingerprint density at radius 2 is 2.33 bits per heavy atom. The number of aliphatic hydroxyl groups is 1. The average molecular weight is 248 g/mol. The van der Waals surface area contributed by atoms with Crippen LogP contribution in [0.4, 0.5) is 0 Å². The van der Waals surface area contributed by atoms with Crippen molar-refractivity contribution in [3.8, 4) is 0 Å². The molecule has 1 saturated carbocycles. The number of H-pyrrole nitrogens is 1. The van der Waals surface area contributed by atoms with E-state index in [0.717, 1.165) is 18.4 Å². The lowest BCUT2D eigenvalue weighted by Crippen LogP contribution is -2.29. The van der Waals surface area contributed by atoms with Crippen LogP contribution in [0.15, 0.2) is 27.4 Å². The van der Waals surface area contributed by atoms with Gasteiger partial charge in [-0.2, -0.15) is 0 Å². The van der Waals surface area contributed by atoms with Crippen molar-refractivity contribution in [3.63, 3.8) is 0 Å². The number of oxazole rings is 1. The van der Waals surface area contributed by atoms with Crippen molar-refractivity contribution in [3.05, 3.63) is 34.3 Å². The number of aromatic amines is 1. The smallest absolute Gasteiger partial charge is 0.408 e. The summed E-state index contributed by atoms with van der Waals surface area (Å²) < 4.78 is 5.07. The highest BCUT2D eigenvalue weighted by Gasteiger charge is 2.48. The molecule has 0 spiro atoms. The van der Waals surface area contributed by atoms with Gasteiger partial charge in [0, 0.05) is 11.5 Å². The molecule has 18 heavy (non-hydrogen) atoms. The highest BCUT2D eigenvalue weighted by Crippen LogP contribution is 2.54. The van der Waals surface area contributed by atoms with E-state index in [1.807, 2.05) is 25.2 Å². The van der Waals surface area contributed by atoms with Gasteiger partial charge in [-0.1, -0.05) is 6.07 Å². The molecule has 0 bridgehead atoms. The van der Waals surface area contributed by atoms with Crippen LogP contribution in [0.5, 0.6) is 0 Å². The third kappa shape index (κ3) is 1.67. The van der Waals surface area contributed by atoms with E-state index in [9.17, 15) is 9.90 Å². The van der Waals surface area contributed by atoms with Gasteiger partial charge in [-0.15, -0.1) is 0 Å². The van der Waals surface area contributed by atoms with Crippen LogP contribution in [-0.4, -0.2) is 23.7 Å². The summed E-state index contributed by atoms with van der Waals surface area (Å²) in [5.41, 5.74) is 2.25. The number of aliphatic hydroxyl groups excluding tert-OH is 1. The average Bonchev–Trinajstić information content (AvgIpc) is 3.05. The molecule has 1 heterocycles. The van der Waals surface area contributed by atoms with Gasteiger partial charge in [-0.3, -0.25) is 4.98 Å². The number of fused-ring (bicyclic) bond motifs is 1. The van der Waals surface area contributed by atoms with Gasteiger partial charge in [0.05, 0.1) is 12.1 Å². The zero-order chi connectivity index (χ0) is 12.8. The maximum absolute atomic E-state index is 11.1. The normalized spacial score (nSPS) is 19.0. The van der Waals surface area contributed by atoms with Crippen molar-refractivity contribution in [1.29, 1.82) is 0 Å². The Morgan fingerprint density at radius 3 is 2.94 bits per heavy atom. The molecule has 3 N–H and O–H groups in total. The lowest BCUT2D eigenvalue weighted by atomic mass is 9.90. The summed E-state index contributed by atoms with van der Waals surface area (Å²) in [6, 6.07) is 5.76. The first-order valence-electron chi connectivity index (χ1n) is 6.09. The van der Waals surface area contributed by atoms with Gasteiger partial charge in [0.15, 0.2) is 5.58 Å². The largest absolute Gasteiger partial charge is 0.417 e. The molecular weight excluding hydrogens is 232 g/mol. The molecule has 2 aromatic rings. The van der Waals surface area contributed by atoms with Crippen LogP contribution in [0.1, 0.15) is 24.4 Å². The highest BCUT2D eigenvalue weighted by atomic mass is 16.4. The SMILES string of the molecule is CNC(c1ccc2[nH]c(=O)oc2c1)C1(CO)CC1. The fourth-order valence-corrected chi connectivity index (χ4v) is 2.67. The van der Waals surface area contributed by atoms with E-state index in [2.05, 4.69) is 10.3 Å². The van der Waals surface area contributed by atoms with E-state index >= 15 is 0 Å². The van der Waals surface area contributed by atoms with Crippen LogP contribution >= 0.6 is 0 Å². The third-order valence-electron chi connectivity index (χ3n) is 3.89. The molecule has 3 rings (SSSR count). The zero-order valence-corrected chi connectivity index (χ0v) is 10.2. The van der Waals surface area contributed by atoms with E-state index in [0.29, 0.717) is 11.1 Å². The van der Waals surface area contributed by atoms with Crippen LogP contribution in [0.25, 0.3) is 11.1 Å². The van der Waals surface area contributed by atoms with Gasteiger partial charge in [-0.25, -0.2) is 4.79 Å². The Hall–Kier alpha value is -1.59. The quantitative estimate of drug-likeness (QED) is 0.758. The van der Waals surface area contributed by atoms with Crippen molar-refractivity contribution < 1.29 is 9.52 Å². The molecule has 0 radical (unpaired) electrons. The van der Waals surface area contributed by atoms with Crippen LogP contribution in [0.2, 0.25) is 0 Å². The lowest BCUT2D eigenvalue weighted by molar-refractivity contribution is 0.175. The van der Waals surface area contributed by atoms with Gasteiger partial charge in [0.1, 0.15) is 0 Å². The minimum atomic E-state index is -0.438. The third-order valence-corrected chi connectivity index (χ3v) is 3.89. The fourth-order valence-electron chi connectivity index (χ4n) is 2.67. The molecule has 0 saturated heterocycles. The molecule has 1 unspecified atom stereocenters. The molecule has 5 nitrogen and oxygen atoms in total. The van der Waals surface area contributed by atoms with E-state index in [1.54, 1.807) is 0 Å². The predicted molar refractivity (Wildman–Crippen MR) is 67.4 cm³/mol. The Labute approximate surface area is 104 Å². The van der Waals surface area contributed by atoms with Gasteiger partial charge in [-0.05, 0) is 37.6 Å². The van der Waals surface area contributed by atoms with Crippen LogP contribution in [-0.2, 0) is 0 Å². The molecule has 0 amide bonds. The topological polar surface area (TPSA) is 78.3 Å². The molecule has 96 valence electrons. The summed E-state index contributed by atoms with van der Waals surface area (Å²) in [7, 11) is 1.89. The highest BCUT2D eigenvalue weighted by molar-refractivity contribution is 5.73. The van der Waals surface area contributed by atoms with E-state index in [1.165, 1.54) is 0 Å². The molecule has 1 fully saturated rings. The second kappa shape index (κ2) is 3.96. The lowest BCUT2D eigenvalue weighted by Gasteiger charge is -2.25. The maximum Gasteiger partial charge on any atom is 0.417 e. The summed E-state index contributed by atoms with van der Waals surface area (Å²) in [5.74, 6) is -0.438. The Bertz CT molecular complexity index is 624. The maximum atomic E-state index is 11.1. The standard InChI is InChI=1S/C13H16N2O3/c1-14-11(13(7-16)4-5-13)8-2-3-9-10(6-8)18-12(17)15-9/h2-3,6,11,14,16H,4-5,7H2,1H3,(H,15,17). The molecule has 1 aromatic carbocycles. The van der Waals surface area contributed by atoms with Crippen LogP contribution in [0.3, 0.4) is 0 Å². The number of hydrogen-bond acceptors (Lipinski definition) is 4. The Balaban J connectivity index is 2.04. The molecule has 1 aromatic heterocycles. The van der Waals surface area contributed by atoms with E-state index < -0.39 is 5.76 Å². The molecule has 1 aliphatic rings. The van der Waals surface area contributed by atoms with Gasteiger partial charge in [0.2, 0.25) is 0 Å². The van der Waals surface area contributed by atoms with Crippen molar-refractivity contribution >= 4 is 11.1 Å². The first-order chi connectivity index (χ1) is 8.68. The summed E-state index contributed by atoms with van der Waals surface area (Å²) in [4.78, 5) is 13.7. The Kier molecular flexibility index (Phi) is 2.53. The van der Waals surface area contributed by atoms with E-state index in [4.69, 9.17) is 4.42 Å². The number of rotatable bonds is 4. The molecule has 1 aliphatic carbocycles.